The van der Waals surface area contributed by atoms with Crippen LogP contribution in [-0.2, 0) is 0 Å². The third kappa shape index (κ3) is 2.88. The molecule has 2 aromatic carbocycles. The normalized spacial score (nSPS) is 10.7. The maximum Gasteiger partial charge on any atom is 0.205 e. The van der Waals surface area contributed by atoms with Gasteiger partial charge in [0.05, 0.1) is 12.1 Å². The molecule has 0 fully saturated rings. The first-order chi connectivity index (χ1) is 14.2. The standard InChI is InChI=1S/C24H12N4O/c1-26-20-7-19(13-28-14-20)17-3-5-24-22(9-17)21-8-16(2-4-23(21)29-24)18-6-15(10-25)11-27-12-18/h2-9,11-14H. The molecule has 0 saturated heterocycles. The first kappa shape index (κ1) is 16.7. The molecule has 0 aliphatic heterocycles. The van der Waals surface area contributed by atoms with E-state index >= 15 is 0 Å². The van der Waals surface area contributed by atoms with Crippen LogP contribution in [0.1, 0.15) is 5.56 Å². The number of nitrogens with zero attached hydrogens (tertiary/aromatic N) is 4. The van der Waals surface area contributed by atoms with Gasteiger partial charge in [0.2, 0.25) is 5.69 Å². The summed E-state index contributed by atoms with van der Waals surface area (Å²) in [5, 5.41) is 11.1. The monoisotopic (exact) mass is 372 g/mol. The van der Waals surface area contributed by atoms with Crippen LogP contribution in [0.4, 0.5) is 5.69 Å². The highest BCUT2D eigenvalue weighted by atomic mass is 16.3. The van der Waals surface area contributed by atoms with Gasteiger partial charge < -0.3 is 4.42 Å². The highest BCUT2D eigenvalue weighted by Gasteiger charge is 2.11. The zero-order chi connectivity index (χ0) is 19.8. The molecule has 0 atom stereocenters. The third-order valence-electron chi connectivity index (χ3n) is 4.86. The minimum atomic E-state index is 0.506. The first-order valence-corrected chi connectivity index (χ1v) is 8.90. The summed E-state index contributed by atoms with van der Waals surface area (Å²) >= 11 is 0. The van der Waals surface area contributed by atoms with Gasteiger partial charge in [-0.3, -0.25) is 9.97 Å². The van der Waals surface area contributed by atoms with E-state index in [4.69, 9.17) is 16.3 Å². The van der Waals surface area contributed by atoms with Crippen LogP contribution in [0.25, 0.3) is 49.0 Å². The van der Waals surface area contributed by atoms with Gasteiger partial charge in [-0.1, -0.05) is 12.1 Å². The van der Waals surface area contributed by atoms with Crippen molar-refractivity contribution in [3.63, 3.8) is 0 Å². The van der Waals surface area contributed by atoms with Crippen LogP contribution in [0.15, 0.2) is 77.7 Å². The van der Waals surface area contributed by atoms with Crippen molar-refractivity contribution in [3.05, 3.63) is 90.3 Å². The second-order valence-corrected chi connectivity index (χ2v) is 6.64. The Balaban J connectivity index is 1.69. The molecule has 0 aliphatic rings. The number of hydrogen-bond acceptors (Lipinski definition) is 4. The number of furan rings is 1. The Morgan fingerprint density at radius 2 is 1.38 bits per heavy atom. The molecule has 0 aliphatic carbocycles. The number of benzene rings is 2. The summed E-state index contributed by atoms with van der Waals surface area (Å²) in [6.07, 6.45) is 6.60. The van der Waals surface area contributed by atoms with Crippen molar-refractivity contribution in [1.82, 2.24) is 9.97 Å². The Morgan fingerprint density at radius 3 is 2.00 bits per heavy atom. The largest absolute Gasteiger partial charge is 0.456 e. The number of hydrogen-bond donors (Lipinski definition) is 0. The molecular formula is C24H12N4O. The molecule has 5 aromatic rings. The summed E-state index contributed by atoms with van der Waals surface area (Å²) in [6, 6.07) is 17.7. The van der Waals surface area contributed by atoms with E-state index in [1.54, 1.807) is 24.8 Å². The average molecular weight is 372 g/mol. The van der Waals surface area contributed by atoms with E-state index in [2.05, 4.69) is 33.0 Å². The van der Waals surface area contributed by atoms with Crippen LogP contribution in [0.3, 0.4) is 0 Å². The van der Waals surface area contributed by atoms with E-state index in [9.17, 15) is 0 Å². The van der Waals surface area contributed by atoms with Gasteiger partial charge in [0.15, 0.2) is 0 Å². The Hall–Kier alpha value is -4.48. The minimum Gasteiger partial charge on any atom is -0.456 e. The summed E-state index contributed by atoms with van der Waals surface area (Å²) in [5.74, 6) is 0. The number of nitriles is 1. The number of fused-ring (bicyclic) bond motifs is 3. The lowest BCUT2D eigenvalue weighted by Crippen LogP contribution is -1.83. The SMILES string of the molecule is [C-]#[N+]c1cncc(-c2ccc3oc4ccc(-c5cncc(C#N)c5)cc4c3c2)c1. The van der Waals surface area contributed by atoms with Crippen molar-refractivity contribution in [2.45, 2.75) is 0 Å². The molecule has 0 bridgehead atoms. The van der Waals surface area contributed by atoms with Gasteiger partial charge in [-0.15, -0.1) is 0 Å². The lowest BCUT2D eigenvalue weighted by molar-refractivity contribution is 0.669. The first-order valence-electron chi connectivity index (χ1n) is 8.90. The number of rotatable bonds is 2. The second-order valence-electron chi connectivity index (χ2n) is 6.64. The number of aromatic nitrogens is 2. The molecule has 0 saturated carbocycles. The molecule has 5 heteroatoms. The van der Waals surface area contributed by atoms with E-state index in [1.165, 1.54) is 0 Å². The Morgan fingerprint density at radius 1 is 0.759 bits per heavy atom. The molecule has 5 rings (SSSR count). The van der Waals surface area contributed by atoms with Crippen LogP contribution in [-0.4, -0.2) is 9.97 Å². The van der Waals surface area contributed by atoms with Crippen molar-refractivity contribution in [2.24, 2.45) is 0 Å². The molecule has 0 N–H and O–H groups in total. The zero-order valence-electron chi connectivity index (χ0n) is 15.1. The molecule has 0 radical (unpaired) electrons. The van der Waals surface area contributed by atoms with Crippen LogP contribution in [0, 0.1) is 17.9 Å². The van der Waals surface area contributed by atoms with Gasteiger partial charge in [-0.05, 0) is 53.1 Å². The summed E-state index contributed by atoms with van der Waals surface area (Å²) < 4.78 is 5.99. The summed E-state index contributed by atoms with van der Waals surface area (Å²) in [6.45, 7) is 7.20. The van der Waals surface area contributed by atoms with Gasteiger partial charge in [-0.25, -0.2) is 4.85 Å². The van der Waals surface area contributed by atoms with Crippen LogP contribution in [0.5, 0.6) is 0 Å². The predicted octanol–water partition coefficient (Wildman–Crippen LogP) is 6.13. The number of pyridine rings is 2. The molecule has 134 valence electrons. The fraction of sp³-hybridized carbons (Fsp3) is 0. The van der Waals surface area contributed by atoms with Crippen molar-refractivity contribution in [2.75, 3.05) is 0 Å². The highest BCUT2D eigenvalue weighted by Crippen LogP contribution is 2.35. The van der Waals surface area contributed by atoms with Gasteiger partial charge in [0, 0.05) is 41.1 Å². The third-order valence-corrected chi connectivity index (χ3v) is 4.86. The van der Waals surface area contributed by atoms with E-state index < -0.39 is 0 Å². The smallest absolute Gasteiger partial charge is 0.205 e. The maximum absolute atomic E-state index is 9.14. The highest BCUT2D eigenvalue weighted by molar-refractivity contribution is 6.07. The molecule has 0 unspecified atom stereocenters. The van der Waals surface area contributed by atoms with Crippen molar-refractivity contribution < 1.29 is 4.42 Å². The lowest BCUT2D eigenvalue weighted by Gasteiger charge is -2.03. The van der Waals surface area contributed by atoms with Crippen molar-refractivity contribution >= 4 is 27.6 Å². The average Bonchev–Trinajstić information content (AvgIpc) is 3.16. The van der Waals surface area contributed by atoms with Crippen LogP contribution >= 0.6 is 0 Å². The molecular weight excluding hydrogens is 360 g/mol. The molecule has 29 heavy (non-hydrogen) atoms. The molecule has 3 heterocycles. The summed E-state index contributed by atoms with van der Waals surface area (Å²) in [4.78, 5) is 11.8. The van der Waals surface area contributed by atoms with Crippen molar-refractivity contribution in [3.8, 4) is 28.3 Å². The fourth-order valence-corrected chi connectivity index (χ4v) is 3.44. The van der Waals surface area contributed by atoms with Crippen LogP contribution < -0.4 is 0 Å². The Bertz CT molecular complexity index is 1370. The maximum atomic E-state index is 9.14. The van der Waals surface area contributed by atoms with Crippen molar-refractivity contribution in [1.29, 1.82) is 5.26 Å². The van der Waals surface area contributed by atoms with E-state index in [1.807, 2.05) is 36.4 Å². The molecule has 0 spiro atoms. The molecule has 0 amide bonds. The van der Waals surface area contributed by atoms with Gasteiger partial charge in [0.25, 0.3) is 0 Å². The topological polar surface area (TPSA) is 67.1 Å². The Labute approximate surface area is 166 Å². The van der Waals surface area contributed by atoms with E-state index in [-0.39, 0.29) is 0 Å². The summed E-state index contributed by atoms with van der Waals surface area (Å²) in [5.41, 5.74) is 6.31. The van der Waals surface area contributed by atoms with Gasteiger partial charge >= 0.3 is 0 Å². The minimum absolute atomic E-state index is 0.506. The Kier molecular flexibility index (Phi) is 3.79. The predicted molar refractivity (Wildman–Crippen MR) is 111 cm³/mol. The van der Waals surface area contributed by atoms with Gasteiger partial charge in [0.1, 0.15) is 17.2 Å². The van der Waals surface area contributed by atoms with E-state index in [0.29, 0.717) is 11.3 Å². The quantitative estimate of drug-likeness (QED) is 0.349. The summed E-state index contributed by atoms with van der Waals surface area (Å²) in [7, 11) is 0. The van der Waals surface area contributed by atoms with E-state index in [0.717, 1.165) is 44.2 Å². The molecule has 5 nitrogen and oxygen atoms in total. The lowest BCUT2D eigenvalue weighted by atomic mass is 10.0. The van der Waals surface area contributed by atoms with Crippen LogP contribution in [0.2, 0.25) is 0 Å². The second kappa shape index (κ2) is 6.60. The fourth-order valence-electron chi connectivity index (χ4n) is 3.44. The van der Waals surface area contributed by atoms with Gasteiger partial charge in [-0.2, -0.15) is 5.26 Å². The molecule has 3 aromatic heterocycles. The zero-order valence-corrected chi connectivity index (χ0v) is 15.1.